The SMILES string of the molecule is CC/C=C\C/C=C\C/C=C\C/C=C\C/C=C\C/C=C\CCCCCCCCC(=O)OC(COC(=O)CCCCCCCCCCCCCCCCCCCCCCCCC)COC(OCC[N+](C)(C)C)C(=O)[O-]. The molecular weight excluding hydrogens is 911 g/mol. The molecular formula is C64H113NO8. The molecule has 0 aromatic heterocycles. The lowest BCUT2D eigenvalue weighted by molar-refractivity contribution is -0.870. The van der Waals surface area contributed by atoms with Gasteiger partial charge in [-0.1, -0.05) is 254 Å². The fourth-order valence-electron chi connectivity index (χ4n) is 8.36. The number of carboxylic acid groups (broad SMARTS) is 1. The van der Waals surface area contributed by atoms with Crippen LogP contribution in [0.3, 0.4) is 0 Å². The summed E-state index contributed by atoms with van der Waals surface area (Å²) in [4.78, 5) is 37.3. The predicted octanol–water partition coefficient (Wildman–Crippen LogP) is 16.5. The quantitative estimate of drug-likeness (QED) is 0.0195. The van der Waals surface area contributed by atoms with Gasteiger partial charge in [-0.15, -0.1) is 0 Å². The number of carboxylic acids is 1. The van der Waals surface area contributed by atoms with Crippen molar-refractivity contribution in [3.8, 4) is 0 Å². The molecule has 0 spiro atoms. The molecule has 0 fully saturated rings. The number of esters is 2. The summed E-state index contributed by atoms with van der Waals surface area (Å²) < 4.78 is 22.7. The van der Waals surface area contributed by atoms with Crippen molar-refractivity contribution in [2.45, 2.75) is 270 Å². The monoisotopic (exact) mass is 1020 g/mol. The predicted molar refractivity (Wildman–Crippen MR) is 306 cm³/mol. The Morgan fingerprint density at radius 3 is 1.16 bits per heavy atom. The maximum atomic E-state index is 12.9. The molecule has 0 aliphatic heterocycles. The van der Waals surface area contributed by atoms with Crippen molar-refractivity contribution in [2.75, 3.05) is 47.5 Å². The van der Waals surface area contributed by atoms with E-state index in [2.05, 4.69) is 86.8 Å². The molecule has 0 aromatic rings. The van der Waals surface area contributed by atoms with Crippen LogP contribution in [0.25, 0.3) is 0 Å². The minimum atomic E-state index is -1.63. The number of unbranched alkanes of at least 4 members (excludes halogenated alkanes) is 28. The van der Waals surface area contributed by atoms with Gasteiger partial charge in [0.25, 0.3) is 0 Å². The molecule has 0 aliphatic carbocycles. The molecule has 0 N–H and O–H groups in total. The Hall–Kier alpha value is -3.27. The van der Waals surface area contributed by atoms with E-state index in [0.29, 0.717) is 17.4 Å². The number of quaternary nitrogens is 1. The third kappa shape index (κ3) is 56.3. The van der Waals surface area contributed by atoms with Gasteiger partial charge >= 0.3 is 11.9 Å². The molecule has 9 nitrogen and oxygen atoms in total. The molecule has 9 heteroatoms. The fourth-order valence-corrected chi connectivity index (χ4v) is 8.36. The summed E-state index contributed by atoms with van der Waals surface area (Å²) >= 11 is 0. The Morgan fingerprint density at radius 2 is 0.781 bits per heavy atom. The van der Waals surface area contributed by atoms with Crippen LogP contribution in [0.15, 0.2) is 72.9 Å². The minimum Gasteiger partial charge on any atom is -0.545 e. The second kappa shape index (κ2) is 55.0. The van der Waals surface area contributed by atoms with E-state index >= 15 is 0 Å². The molecule has 0 saturated carbocycles. The largest absolute Gasteiger partial charge is 0.545 e. The van der Waals surface area contributed by atoms with Crippen LogP contribution in [0.1, 0.15) is 258 Å². The van der Waals surface area contributed by atoms with Gasteiger partial charge in [0.05, 0.1) is 40.3 Å². The summed E-state index contributed by atoms with van der Waals surface area (Å²) in [7, 11) is 5.92. The normalized spacial score (nSPS) is 13.3. The average molecular weight is 1020 g/mol. The van der Waals surface area contributed by atoms with Crippen LogP contribution in [0.2, 0.25) is 0 Å². The van der Waals surface area contributed by atoms with E-state index in [-0.39, 0.29) is 38.6 Å². The van der Waals surface area contributed by atoms with Crippen molar-refractivity contribution in [1.82, 2.24) is 0 Å². The molecule has 0 rings (SSSR count). The maximum Gasteiger partial charge on any atom is 0.306 e. The highest BCUT2D eigenvalue weighted by Gasteiger charge is 2.22. The molecule has 2 unspecified atom stereocenters. The number of carbonyl (C=O) groups is 3. The Kier molecular flexibility index (Phi) is 52.5. The van der Waals surface area contributed by atoms with Gasteiger partial charge in [0.2, 0.25) is 0 Å². The van der Waals surface area contributed by atoms with Crippen LogP contribution in [-0.4, -0.2) is 82.3 Å². The summed E-state index contributed by atoms with van der Waals surface area (Å²) in [6, 6.07) is 0. The Bertz CT molecular complexity index is 1420. The Labute approximate surface area is 449 Å². The summed E-state index contributed by atoms with van der Waals surface area (Å²) in [6.45, 7) is 4.64. The van der Waals surface area contributed by atoms with E-state index in [1.54, 1.807) is 0 Å². The summed E-state index contributed by atoms with van der Waals surface area (Å²) in [5.41, 5.74) is 0. The lowest BCUT2D eigenvalue weighted by Crippen LogP contribution is -2.44. The number of rotatable bonds is 55. The number of ether oxygens (including phenoxy) is 4. The third-order valence-corrected chi connectivity index (χ3v) is 13.0. The topological polar surface area (TPSA) is 111 Å². The first-order valence-electron chi connectivity index (χ1n) is 30.1. The summed E-state index contributed by atoms with van der Waals surface area (Å²) in [5, 5.41) is 11.8. The third-order valence-electron chi connectivity index (χ3n) is 13.0. The smallest absolute Gasteiger partial charge is 0.306 e. The van der Waals surface area contributed by atoms with Gasteiger partial charge in [0.1, 0.15) is 13.2 Å². The highest BCUT2D eigenvalue weighted by Crippen LogP contribution is 2.17. The molecule has 0 aliphatic rings. The molecule has 0 heterocycles. The van der Waals surface area contributed by atoms with Crippen molar-refractivity contribution < 1.29 is 42.9 Å². The van der Waals surface area contributed by atoms with Gasteiger partial charge in [0, 0.05) is 12.8 Å². The highest BCUT2D eigenvalue weighted by atomic mass is 16.7. The van der Waals surface area contributed by atoms with Crippen molar-refractivity contribution in [3.05, 3.63) is 72.9 Å². The van der Waals surface area contributed by atoms with Crippen molar-refractivity contribution in [3.63, 3.8) is 0 Å². The van der Waals surface area contributed by atoms with Gasteiger partial charge in [-0.3, -0.25) is 9.59 Å². The Balaban J connectivity index is 4.26. The van der Waals surface area contributed by atoms with Gasteiger partial charge < -0.3 is 33.3 Å². The number of likely N-dealkylation sites (N-methyl/N-ethyl adjacent to an activating group) is 1. The van der Waals surface area contributed by atoms with E-state index in [4.69, 9.17) is 18.9 Å². The number of hydrogen-bond acceptors (Lipinski definition) is 8. The van der Waals surface area contributed by atoms with E-state index in [1.165, 1.54) is 128 Å². The fraction of sp³-hybridized carbons (Fsp3) is 0.766. The summed E-state index contributed by atoms with van der Waals surface area (Å²) in [5.74, 6) is -2.30. The molecule has 0 amide bonds. The molecule has 0 saturated heterocycles. The minimum absolute atomic E-state index is 0.143. The first-order valence-corrected chi connectivity index (χ1v) is 30.1. The number of carbonyl (C=O) groups excluding carboxylic acids is 3. The first-order chi connectivity index (χ1) is 35.6. The van der Waals surface area contributed by atoms with Gasteiger partial charge in [0.15, 0.2) is 12.4 Å². The van der Waals surface area contributed by atoms with E-state index in [0.717, 1.165) is 96.3 Å². The number of nitrogens with zero attached hydrogens (tertiary/aromatic N) is 1. The molecule has 2 atom stereocenters. The van der Waals surface area contributed by atoms with Crippen LogP contribution in [0.4, 0.5) is 0 Å². The molecule has 0 aromatic carbocycles. The van der Waals surface area contributed by atoms with Gasteiger partial charge in [-0.25, -0.2) is 0 Å². The van der Waals surface area contributed by atoms with Crippen LogP contribution in [-0.2, 0) is 33.3 Å². The standard InChI is InChI=1S/C64H113NO8/c1-6-8-10-12-14-16-18-20-22-24-26-28-30-31-33-35-37-39-41-43-45-47-49-51-53-55-62(67)73-60(59-72-64(63(68)69)70-57-56-65(3,4)5)58-71-61(66)54-52-50-48-46-44-42-40-38-36-34-32-29-27-25-23-21-19-17-15-13-11-9-7-2/h8,10,14,16,20,22,26,28,31,33,37,39,60,64H,6-7,9,11-13,15,17-19,21,23-25,27,29-30,32,34-36,38,40-59H2,1-5H3/b10-8-,16-14-,22-20-,28-26-,33-31-,39-37-. The van der Waals surface area contributed by atoms with Gasteiger partial charge in [-0.05, 0) is 64.2 Å². The second-order valence-electron chi connectivity index (χ2n) is 21.3. The zero-order valence-corrected chi connectivity index (χ0v) is 48.0. The van der Waals surface area contributed by atoms with E-state index in [9.17, 15) is 19.5 Å². The van der Waals surface area contributed by atoms with Crippen molar-refractivity contribution >= 4 is 17.9 Å². The average Bonchev–Trinajstić information content (AvgIpc) is 3.36. The number of aliphatic carboxylic acids is 1. The van der Waals surface area contributed by atoms with E-state index in [1.807, 2.05) is 21.1 Å². The highest BCUT2D eigenvalue weighted by molar-refractivity contribution is 5.70. The summed E-state index contributed by atoms with van der Waals surface area (Å²) in [6.07, 6.45) is 68.1. The lowest BCUT2D eigenvalue weighted by Gasteiger charge is -2.26. The maximum absolute atomic E-state index is 12.9. The zero-order chi connectivity index (χ0) is 53.4. The number of hydrogen-bond donors (Lipinski definition) is 0. The second-order valence-corrected chi connectivity index (χ2v) is 21.3. The van der Waals surface area contributed by atoms with Crippen LogP contribution >= 0.6 is 0 Å². The zero-order valence-electron chi connectivity index (χ0n) is 48.0. The van der Waals surface area contributed by atoms with Crippen molar-refractivity contribution in [1.29, 1.82) is 0 Å². The first kappa shape index (κ1) is 69.7. The van der Waals surface area contributed by atoms with Crippen LogP contribution < -0.4 is 5.11 Å². The van der Waals surface area contributed by atoms with Crippen LogP contribution in [0, 0.1) is 0 Å². The molecule has 0 bridgehead atoms. The molecule has 73 heavy (non-hydrogen) atoms. The molecule has 422 valence electrons. The van der Waals surface area contributed by atoms with Crippen molar-refractivity contribution in [2.24, 2.45) is 0 Å². The van der Waals surface area contributed by atoms with E-state index < -0.39 is 24.3 Å². The Morgan fingerprint density at radius 1 is 0.425 bits per heavy atom. The van der Waals surface area contributed by atoms with Gasteiger partial charge in [-0.2, -0.15) is 0 Å². The number of allylic oxidation sites excluding steroid dienone is 12. The van der Waals surface area contributed by atoms with Crippen LogP contribution in [0.5, 0.6) is 0 Å². The lowest BCUT2D eigenvalue weighted by atomic mass is 10.0. The molecule has 0 radical (unpaired) electrons.